The fraction of sp³-hybridized carbons (Fsp3) is 0.471. The van der Waals surface area contributed by atoms with Crippen molar-refractivity contribution in [2.45, 2.75) is 51.1 Å². The van der Waals surface area contributed by atoms with Crippen LogP contribution in [0.25, 0.3) is 5.69 Å². The Balaban J connectivity index is 2.02. The van der Waals surface area contributed by atoms with Crippen molar-refractivity contribution >= 4 is 0 Å². The molecule has 3 rings (SSSR count). The second-order valence-electron chi connectivity index (χ2n) is 6.37. The van der Waals surface area contributed by atoms with E-state index in [0.717, 1.165) is 24.1 Å². The summed E-state index contributed by atoms with van der Waals surface area (Å²) < 4.78 is 3.43. The Morgan fingerprint density at radius 2 is 1.90 bits per heavy atom. The molecule has 1 aromatic carbocycles. The largest absolute Gasteiger partial charge is 0.332 e. The molecule has 1 aromatic heterocycles. The number of nitrogens with zero attached hydrogens (tertiary/aromatic N) is 2. The van der Waals surface area contributed by atoms with Crippen molar-refractivity contribution in [3.8, 4) is 5.69 Å². The van der Waals surface area contributed by atoms with E-state index in [1.54, 1.807) is 9.13 Å². The molecule has 0 amide bonds. The van der Waals surface area contributed by atoms with Crippen LogP contribution in [-0.4, -0.2) is 9.13 Å². The first-order valence-corrected chi connectivity index (χ1v) is 7.70. The molecule has 1 saturated carbocycles. The van der Waals surface area contributed by atoms with Crippen LogP contribution in [0.1, 0.15) is 51.1 Å². The number of rotatable bonds is 3. The van der Waals surface area contributed by atoms with Gasteiger partial charge in [0.25, 0.3) is 0 Å². The van der Waals surface area contributed by atoms with Crippen LogP contribution in [0.15, 0.2) is 41.5 Å². The van der Waals surface area contributed by atoms with E-state index in [9.17, 15) is 4.79 Å². The lowest BCUT2D eigenvalue weighted by Gasteiger charge is -2.24. The van der Waals surface area contributed by atoms with Gasteiger partial charge in [0.1, 0.15) is 0 Å². The van der Waals surface area contributed by atoms with E-state index in [-0.39, 0.29) is 17.3 Å². The molecule has 21 heavy (non-hydrogen) atoms. The lowest BCUT2D eigenvalue weighted by atomic mass is 9.89. The summed E-state index contributed by atoms with van der Waals surface area (Å²) in [5, 5.41) is 0. The van der Waals surface area contributed by atoms with Crippen LogP contribution in [0, 0.1) is 0 Å². The minimum atomic E-state index is -0.222. The highest BCUT2D eigenvalue weighted by atomic mass is 16.1. The van der Waals surface area contributed by atoms with Gasteiger partial charge in [-0.2, -0.15) is 0 Å². The first kappa shape index (κ1) is 14.1. The van der Waals surface area contributed by atoms with Gasteiger partial charge in [0.05, 0.1) is 5.69 Å². The molecular formula is C17H23N3O. The molecule has 0 saturated heterocycles. The number of hydrogen-bond donors (Lipinski definition) is 1. The van der Waals surface area contributed by atoms with Crippen LogP contribution in [-0.2, 0) is 5.54 Å². The summed E-state index contributed by atoms with van der Waals surface area (Å²) in [7, 11) is 0. The molecule has 4 nitrogen and oxygen atoms in total. The molecule has 1 aliphatic rings. The normalized spacial score (nSPS) is 17.5. The van der Waals surface area contributed by atoms with Gasteiger partial charge in [-0.25, -0.2) is 4.79 Å². The molecule has 0 radical (unpaired) electrons. The van der Waals surface area contributed by atoms with Gasteiger partial charge >= 0.3 is 5.69 Å². The minimum absolute atomic E-state index is 0.000330. The topological polar surface area (TPSA) is 52.9 Å². The summed E-state index contributed by atoms with van der Waals surface area (Å²) in [6.07, 6.45) is 8.10. The third-order valence-electron chi connectivity index (χ3n) is 4.55. The predicted molar refractivity (Wildman–Crippen MR) is 84.7 cm³/mol. The summed E-state index contributed by atoms with van der Waals surface area (Å²) >= 11 is 0. The van der Waals surface area contributed by atoms with E-state index in [1.165, 1.54) is 12.8 Å². The van der Waals surface area contributed by atoms with Gasteiger partial charge < -0.3 is 5.73 Å². The summed E-state index contributed by atoms with van der Waals surface area (Å²) in [4.78, 5) is 12.4. The summed E-state index contributed by atoms with van der Waals surface area (Å²) in [5.41, 5.74) is 8.34. The second kappa shape index (κ2) is 5.19. The van der Waals surface area contributed by atoms with Crippen molar-refractivity contribution in [1.29, 1.82) is 0 Å². The van der Waals surface area contributed by atoms with Crippen LogP contribution in [0.3, 0.4) is 0 Å². The zero-order chi connectivity index (χ0) is 15.0. The van der Waals surface area contributed by atoms with Gasteiger partial charge in [0.15, 0.2) is 0 Å². The van der Waals surface area contributed by atoms with Gasteiger partial charge in [-0.1, -0.05) is 25.0 Å². The molecule has 1 fully saturated rings. The lowest BCUT2D eigenvalue weighted by Crippen LogP contribution is -2.33. The van der Waals surface area contributed by atoms with Gasteiger partial charge in [-0.15, -0.1) is 0 Å². The molecule has 0 bridgehead atoms. The maximum Gasteiger partial charge on any atom is 0.332 e. The maximum absolute atomic E-state index is 12.4. The van der Waals surface area contributed by atoms with E-state index < -0.39 is 0 Å². The average Bonchev–Trinajstić information content (AvgIpc) is 3.06. The Kier molecular flexibility index (Phi) is 3.49. The molecule has 0 atom stereocenters. The van der Waals surface area contributed by atoms with E-state index in [2.05, 4.69) is 12.1 Å². The Morgan fingerprint density at radius 1 is 1.19 bits per heavy atom. The zero-order valence-electron chi connectivity index (χ0n) is 12.7. The van der Waals surface area contributed by atoms with Crippen molar-refractivity contribution in [2.75, 3.05) is 0 Å². The Labute approximate surface area is 125 Å². The lowest BCUT2D eigenvalue weighted by molar-refractivity contribution is 0.461. The van der Waals surface area contributed by atoms with Gasteiger partial charge in [-0.3, -0.25) is 9.13 Å². The van der Waals surface area contributed by atoms with Crippen LogP contribution >= 0.6 is 0 Å². The average molecular weight is 285 g/mol. The highest BCUT2D eigenvalue weighted by molar-refractivity contribution is 5.39. The molecule has 1 aliphatic carbocycles. The van der Waals surface area contributed by atoms with E-state index in [4.69, 9.17) is 5.73 Å². The molecule has 2 N–H and O–H groups in total. The monoisotopic (exact) mass is 285 g/mol. The third-order valence-corrected chi connectivity index (χ3v) is 4.55. The fourth-order valence-electron chi connectivity index (χ4n) is 3.24. The van der Waals surface area contributed by atoms with Crippen LogP contribution in [0.5, 0.6) is 0 Å². The Bertz CT molecular complexity index is 690. The maximum atomic E-state index is 12.4. The van der Waals surface area contributed by atoms with Gasteiger partial charge in [0.2, 0.25) is 0 Å². The Hall–Kier alpha value is -1.81. The number of nitrogens with two attached hydrogens (primary N) is 1. The SMILES string of the molecule is CC(C)n1ccn(-c2cccc(C3(N)CCCC3)c2)c1=O. The van der Waals surface area contributed by atoms with Crippen molar-refractivity contribution in [2.24, 2.45) is 5.73 Å². The van der Waals surface area contributed by atoms with Crippen LogP contribution in [0.2, 0.25) is 0 Å². The van der Waals surface area contributed by atoms with Crippen molar-refractivity contribution < 1.29 is 0 Å². The van der Waals surface area contributed by atoms with E-state index in [1.807, 2.05) is 38.4 Å². The van der Waals surface area contributed by atoms with Gasteiger partial charge in [0, 0.05) is 24.0 Å². The smallest absolute Gasteiger partial charge is 0.321 e. The highest BCUT2D eigenvalue weighted by Crippen LogP contribution is 2.36. The molecule has 0 unspecified atom stereocenters. The summed E-state index contributed by atoms with van der Waals surface area (Å²) in [6, 6.07) is 8.28. The molecule has 0 aliphatic heterocycles. The predicted octanol–water partition coefficient (Wildman–Crippen LogP) is 2.95. The van der Waals surface area contributed by atoms with Crippen molar-refractivity contribution in [3.63, 3.8) is 0 Å². The first-order chi connectivity index (χ1) is 10.0. The molecule has 4 heteroatoms. The van der Waals surface area contributed by atoms with E-state index in [0.29, 0.717) is 0 Å². The first-order valence-electron chi connectivity index (χ1n) is 7.70. The fourth-order valence-corrected chi connectivity index (χ4v) is 3.24. The number of hydrogen-bond acceptors (Lipinski definition) is 2. The number of aromatic nitrogens is 2. The van der Waals surface area contributed by atoms with Gasteiger partial charge in [-0.05, 0) is 44.4 Å². The van der Waals surface area contributed by atoms with E-state index >= 15 is 0 Å². The standard InChI is InChI=1S/C17H23N3O/c1-13(2)19-10-11-20(16(19)21)15-7-5-6-14(12-15)17(18)8-3-4-9-17/h5-7,10-13H,3-4,8-9,18H2,1-2H3. The molecule has 112 valence electrons. The van der Waals surface area contributed by atoms with Crippen molar-refractivity contribution in [3.05, 3.63) is 52.7 Å². The molecule has 2 aromatic rings. The minimum Gasteiger partial charge on any atom is -0.321 e. The number of imidazole rings is 1. The second-order valence-corrected chi connectivity index (χ2v) is 6.37. The summed E-state index contributed by atoms with van der Waals surface area (Å²) in [5.74, 6) is 0. The highest BCUT2D eigenvalue weighted by Gasteiger charge is 2.31. The number of benzene rings is 1. The molecule has 0 spiro atoms. The Morgan fingerprint density at radius 3 is 2.52 bits per heavy atom. The molecular weight excluding hydrogens is 262 g/mol. The summed E-state index contributed by atoms with van der Waals surface area (Å²) in [6.45, 7) is 4.02. The molecule has 1 heterocycles. The quantitative estimate of drug-likeness (QED) is 0.942. The van der Waals surface area contributed by atoms with Crippen LogP contribution < -0.4 is 11.4 Å². The third kappa shape index (κ3) is 2.44. The van der Waals surface area contributed by atoms with Crippen LogP contribution in [0.4, 0.5) is 0 Å². The van der Waals surface area contributed by atoms with Crippen molar-refractivity contribution in [1.82, 2.24) is 9.13 Å². The zero-order valence-corrected chi connectivity index (χ0v) is 12.7.